The predicted octanol–water partition coefficient (Wildman–Crippen LogP) is 2.09. The highest BCUT2D eigenvalue weighted by Gasteiger charge is 2.40. The lowest BCUT2D eigenvalue weighted by molar-refractivity contribution is -0.397. The number of nitrogens with two attached hydrogens (primary N) is 1. The molecule has 0 saturated heterocycles. The van der Waals surface area contributed by atoms with E-state index in [4.69, 9.17) is 5.73 Å². The van der Waals surface area contributed by atoms with Crippen LogP contribution in [-0.2, 0) is 0 Å². The second-order valence-electron chi connectivity index (χ2n) is 4.92. The Labute approximate surface area is 147 Å². The fourth-order valence-corrected chi connectivity index (χ4v) is 2.46. The average Bonchev–Trinajstić information content (AvgIpc) is 2.59. The van der Waals surface area contributed by atoms with Gasteiger partial charge in [0.15, 0.2) is 11.1 Å². The summed E-state index contributed by atoms with van der Waals surface area (Å²) in [5.74, 6) is -1.35. The zero-order chi connectivity index (χ0) is 20.5. The predicted molar refractivity (Wildman–Crippen MR) is 87.0 cm³/mol. The number of benzene rings is 2. The zero-order valence-corrected chi connectivity index (χ0v) is 12.9. The molecule has 0 aliphatic carbocycles. The molecule has 0 saturated carbocycles. The SMILES string of the molecule is NC(=O)c1ccc([N+](=O)[O-])c(-c2c([N+](=O)[O-])cccc2[N+](=O)[O-])c1[N+](=O)[O-]. The summed E-state index contributed by atoms with van der Waals surface area (Å²) in [4.78, 5) is 52.4. The lowest BCUT2D eigenvalue weighted by Crippen LogP contribution is -2.15. The third-order valence-electron chi connectivity index (χ3n) is 3.46. The summed E-state index contributed by atoms with van der Waals surface area (Å²) in [5.41, 5.74) is -2.05. The van der Waals surface area contributed by atoms with E-state index in [-0.39, 0.29) is 0 Å². The number of hydrogen-bond acceptors (Lipinski definition) is 9. The van der Waals surface area contributed by atoms with Crippen LogP contribution in [0.1, 0.15) is 10.4 Å². The lowest BCUT2D eigenvalue weighted by Gasteiger charge is -2.08. The van der Waals surface area contributed by atoms with Gasteiger partial charge in [-0.3, -0.25) is 45.3 Å². The minimum absolute atomic E-state index is 0.656. The van der Waals surface area contributed by atoms with Crippen LogP contribution in [0.4, 0.5) is 22.7 Å². The Hall–Kier alpha value is -4.49. The van der Waals surface area contributed by atoms with Crippen molar-refractivity contribution in [2.45, 2.75) is 0 Å². The number of hydrogen-bond donors (Lipinski definition) is 1. The van der Waals surface area contributed by atoms with Crippen molar-refractivity contribution >= 4 is 28.7 Å². The highest BCUT2D eigenvalue weighted by atomic mass is 16.6. The maximum atomic E-state index is 11.5. The average molecular weight is 377 g/mol. The molecule has 0 spiro atoms. The van der Waals surface area contributed by atoms with Crippen molar-refractivity contribution in [1.29, 1.82) is 0 Å². The molecule has 0 aliphatic heterocycles. The van der Waals surface area contributed by atoms with Gasteiger partial charge < -0.3 is 5.73 Å². The van der Waals surface area contributed by atoms with Gasteiger partial charge in [-0.15, -0.1) is 0 Å². The second kappa shape index (κ2) is 6.79. The van der Waals surface area contributed by atoms with Gasteiger partial charge in [0.2, 0.25) is 0 Å². The molecule has 0 aliphatic rings. The minimum atomic E-state index is -1.35. The smallest absolute Gasteiger partial charge is 0.297 e. The summed E-state index contributed by atoms with van der Waals surface area (Å²) in [6.07, 6.45) is 0. The molecule has 2 N–H and O–H groups in total. The van der Waals surface area contributed by atoms with E-state index in [1.807, 2.05) is 0 Å². The molecule has 0 radical (unpaired) electrons. The quantitative estimate of drug-likeness (QED) is 0.574. The Morgan fingerprint density at radius 2 is 1.15 bits per heavy atom. The molecule has 14 heteroatoms. The molecule has 1 amide bonds. The molecule has 27 heavy (non-hydrogen) atoms. The molecular formula is C13H7N5O9. The first-order valence-corrected chi connectivity index (χ1v) is 6.75. The number of nitro groups is 4. The van der Waals surface area contributed by atoms with Gasteiger partial charge in [0, 0.05) is 18.2 Å². The van der Waals surface area contributed by atoms with Crippen LogP contribution in [0.2, 0.25) is 0 Å². The summed E-state index contributed by atoms with van der Waals surface area (Å²) in [7, 11) is 0. The summed E-state index contributed by atoms with van der Waals surface area (Å²) in [6, 6.07) is 3.86. The highest BCUT2D eigenvalue weighted by Crippen LogP contribution is 2.47. The lowest BCUT2D eigenvalue weighted by atomic mass is 9.95. The maximum Gasteiger partial charge on any atom is 0.297 e. The van der Waals surface area contributed by atoms with Crippen LogP contribution in [-0.4, -0.2) is 25.6 Å². The van der Waals surface area contributed by atoms with Crippen molar-refractivity contribution in [3.05, 3.63) is 76.4 Å². The van der Waals surface area contributed by atoms with Gasteiger partial charge in [-0.05, 0) is 12.1 Å². The standard InChI is InChI=1S/C13H7N5O9/c14-13(19)6-4-5-9(17(24)25)11(12(6)18(26)27)10-7(15(20)21)2-1-3-8(10)16(22)23/h1-5H,(H2,14,19). The Kier molecular flexibility index (Phi) is 4.74. The summed E-state index contributed by atoms with van der Waals surface area (Å²) in [6.45, 7) is 0. The Balaban J connectivity index is 3.20. The molecule has 0 aromatic heterocycles. The topological polar surface area (TPSA) is 216 Å². The summed E-state index contributed by atoms with van der Waals surface area (Å²) >= 11 is 0. The zero-order valence-electron chi connectivity index (χ0n) is 12.9. The van der Waals surface area contributed by atoms with Crippen molar-refractivity contribution in [2.75, 3.05) is 0 Å². The van der Waals surface area contributed by atoms with Crippen LogP contribution in [0.25, 0.3) is 11.1 Å². The monoisotopic (exact) mass is 377 g/mol. The molecule has 0 unspecified atom stereocenters. The number of rotatable bonds is 6. The van der Waals surface area contributed by atoms with Crippen LogP contribution >= 0.6 is 0 Å². The van der Waals surface area contributed by atoms with E-state index >= 15 is 0 Å². The molecule has 14 nitrogen and oxygen atoms in total. The number of primary amides is 1. The van der Waals surface area contributed by atoms with Gasteiger partial charge in [0.05, 0.1) is 19.7 Å². The molecule has 0 atom stereocenters. The van der Waals surface area contributed by atoms with Gasteiger partial charge in [0.25, 0.3) is 28.7 Å². The molecule has 2 rings (SSSR count). The first-order chi connectivity index (χ1) is 12.6. The maximum absolute atomic E-state index is 11.5. The number of nitro benzene ring substituents is 4. The van der Waals surface area contributed by atoms with Gasteiger partial charge in [-0.2, -0.15) is 0 Å². The van der Waals surface area contributed by atoms with Crippen LogP contribution in [0, 0.1) is 40.5 Å². The van der Waals surface area contributed by atoms with Crippen LogP contribution in [0.5, 0.6) is 0 Å². The van der Waals surface area contributed by atoms with Crippen molar-refractivity contribution < 1.29 is 24.5 Å². The number of carbonyl (C=O) groups excluding carboxylic acids is 1. The van der Waals surface area contributed by atoms with Crippen LogP contribution in [0.15, 0.2) is 30.3 Å². The first-order valence-electron chi connectivity index (χ1n) is 6.75. The largest absolute Gasteiger partial charge is 0.365 e. The van der Waals surface area contributed by atoms with Gasteiger partial charge >= 0.3 is 0 Å². The van der Waals surface area contributed by atoms with E-state index in [9.17, 15) is 45.3 Å². The molecule has 138 valence electrons. The van der Waals surface area contributed by atoms with E-state index in [1.54, 1.807) is 0 Å². The van der Waals surface area contributed by atoms with Crippen LogP contribution < -0.4 is 5.73 Å². The van der Waals surface area contributed by atoms with E-state index in [0.717, 1.165) is 18.2 Å². The van der Waals surface area contributed by atoms with Crippen LogP contribution in [0.3, 0.4) is 0 Å². The van der Waals surface area contributed by atoms with Gasteiger partial charge in [0.1, 0.15) is 5.56 Å². The van der Waals surface area contributed by atoms with Gasteiger partial charge in [-0.25, -0.2) is 0 Å². The molecule has 2 aromatic rings. The third-order valence-corrected chi connectivity index (χ3v) is 3.46. The number of nitrogens with zero attached hydrogens (tertiary/aromatic N) is 4. The van der Waals surface area contributed by atoms with E-state index < -0.39 is 65.0 Å². The summed E-state index contributed by atoms with van der Waals surface area (Å²) < 4.78 is 0. The fraction of sp³-hybridized carbons (Fsp3) is 0. The Morgan fingerprint density at radius 1 is 0.704 bits per heavy atom. The minimum Gasteiger partial charge on any atom is -0.365 e. The van der Waals surface area contributed by atoms with Crippen molar-refractivity contribution in [3.63, 3.8) is 0 Å². The van der Waals surface area contributed by atoms with E-state index in [1.165, 1.54) is 0 Å². The molecule has 0 heterocycles. The third kappa shape index (κ3) is 3.21. The molecular weight excluding hydrogens is 370 g/mol. The number of amides is 1. The molecule has 0 bridgehead atoms. The second-order valence-corrected chi connectivity index (χ2v) is 4.92. The van der Waals surface area contributed by atoms with Crippen molar-refractivity contribution in [3.8, 4) is 11.1 Å². The van der Waals surface area contributed by atoms with Gasteiger partial charge in [-0.1, -0.05) is 0 Å². The van der Waals surface area contributed by atoms with Crippen molar-refractivity contribution in [2.24, 2.45) is 5.73 Å². The van der Waals surface area contributed by atoms with E-state index in [0.29, 0.717) is 12.1 Å². The normalized spacial score (nSPS) is 10.2. The molecule has 2 aromatic carbocycles. The number of carbonyl (C=O) groups is 1. The first kappa shape index (κ1) is 18.8. The fourth-order valence-electron chi connectivity index (χ4n) is 2.46. The summed E-state index contributed by atoms with van der Waals surface area (Å²) in [5, 5.41) is 45.4. The highest BCUT2D eigenvalue weighted by molar-refractivity contribution is 6.04. The van der Waals surface area contributed by atoms with Crippen molar-refractivity contribution in [1.82, 2.24) is 0 Å². The Bertz CT molecular complexity index is 1000. The Morgan fingerprint density at radius 3 is 1.52 bits per heavy atom. The van der Waals surface area contributed by atoms with E-state index in [2.05, 4.69) is 0 Å². The molecule has 0 fully saturated rings.